The summed E-state index contributed by atoms with van der Waals surface area (Å²) in [6.07, 6.45) is -0.820. The lowest BCUT2D eigenvalue weighted by Gasteiger charge is -2.24. The van der Waals surface area contributed by atoms with Gasteiger partial charge in [0.15, 0.2) is 0 Å². The van der Waals surface area contributed by atoms with Crippen LogP contribution in [0.3, 0.4) is 0 Å². The Hall–Kier alpha value is -2.44. The molecule has 0 heterocycles. The Morgan fingerprint density at radius 2 is 1.67 bits per heavy atom. The summed E-state index contributed by atoms with van der Waals surface area (Å²) in [5.41, 5.74) is 0.382. The van der Waals surface area contributed by atoms with E-state index in [4.69, 9.17) is 0 Å². The number of esters is 1. The van der Waals surface area contributed by atoms with Crippen LogP contribution >= 0.6 is 0 Å². The summed E-state index contributed by atoms with van der Waals surface area (Å²) >= 11 is 0. The first-order chi connectivity index (χ1) is 9.90. The molecule has 0 aromatic heterocycles. The fourth-order valence-corrected chi connectivity index (χ4v) is 1.88. The molecule has 0 bridgehead atoms. The Balaban J connectivity index is 3.22. The molecule has 0 aliphatic heterocycles. The molecule has 1 aromatic carbocycles. The smallest absolute Gasteiger partial charge is 0.407 e. The number of halogens is 1. The Bertz CT molecular complexity index is 529. The van der Waals surface area contributed by atoms with Crippen LogP contribution in [-0.4, -0.2) is 32.1 Å². The van der Waals surface area contributed by atoms with Gasteiger partial charge < -0.3 is 14.8 Å². The fraction of sp³-hybridized carbons (Fsp3) is 0.357. The Morgan fingerprint density at radius 3 is 2.10 bits per heavy atom. The minimum Gasteiger partial charge on any atom is -0.468 e. The maximum absolute atomic E-state index is 13.0. The summed E-state index contributed by atoms with van der Waals surface area (Å²) in [4.78, 5) is 35.0. The van der Waals surface area contributed by atoms with Gasteiger partial charge in [0.2, 0.25) is 0 Å². The van der Waals surface area contributed by atoms with Gasteiger partial charge in [0.1, 0.15) is 17.5 Å². The number of ether oxygens (including phenoxy) is 2. The van der Waals surface area contributed by atoms with Gasteiger partial charge in [-0.05, 0) is 24.6 Å². The molecule has 0 aliphatic rings. The summed E-state index contributed by atoms with van der Waals surface area (Å²) in [6, 6.07) is 4.05. The second kappa shape index (κ2) is 7.37. The van der Waals surface area contributed by atoms with E-state index in [1.165, 1.54) is 19.1 Å². The predicted octanol–water partition coefficient (Wildman–Crippen LogP) is 1.60. The lowest BCUT2D eigenvalue weighted by atomic mass is 9.90. The van der Waals surface area contributed by atoms with Gasteiger partial charge in [0.25, 0.3) is 0 Å². The summed E-state index contributed by atoms with van der Waals surface area (Å²) in [6.45, 7) is 1.21. The molecule has 114 valence electrons. The van der Waals surface area contributed by atoms with E-state index in [2.05, 4.69) is 14.8 Å². The number of nitrogens with one attached hydrogen (secondary N) is 1. The number of alkyl carbamates (subject to hydrolysis) is 1. The standard InChI is InChI=1S/C14H16FNO5/c1-8(17)11(13(18)20-2)12(16-14(19)21-3)9-4-6-10(15)7-5-9/h4-7,11-12H,1-3H3,(H,16,19)/t11-,12+/m1/s1. The highest BCUT2D eigenvalue weighted by molar-refractivity contribution is 5.99. The Labute approximate surface area is 121 Å². The third kappa shape index (κ3) is 4.27. The van der Waals surface area contributed by atoms with Gasteiger partial charge in [-0.1, -0.05) is 12.1 Å². The second-order valence-corrected chi connectivity index (χ2v) is 4.28. The summed E-state index contributed by atoms with van der Waals surface area (Å²) in [5, 5.41) is 2.39. The van der Waals surface area contributed by atoms with Crippen LogP contribution in [0.25, 0.3) is 0 Å². The molecular formula is C14H16FNO5. The van der Waals surface area contributed by atoms with E-state index in [0.29, 0.717) is 5.56 Å². The van der Waals surface area contributed by atoms with Crippen LogP contribution in [0.15, 0.2) is 24.3 Å². The van der Waals surface area contributed by atoms with E-state index < -0.39 is 35.6 Å². The number of amides is 1. The molecule has 6 nitrogen and oxygen atoms in total. The molecule has 0 aliphatic carbocycles. The van der Waals surface area contributed by atoms with Gasteiger partial charge in [-0.25, -0.2) is 9.18 Å². The quantitative estimate of drug-likeness (QED) is 0.659. The topological polar surface area (TPSA) is 81.7 Å². The third-order valence-corrected chi connectivity index (χ3v) is 2.91. The van der Waals surface area contributed by atoms with Crippen molar-refractivity contribution in [1.29, 1.82) is 0 Å². The zero-order valence-corrected chi connectivity index (χ0v) is 11.9. The molecule has 0 unspecified atom stereocenters. The molecule has 7 heteroatoms. The van der Waals surface area contributed by atoms with E-state index in [1.54, 1.807) is 0 Å². The lowest BCUT2D eigenvalue weighted by Crippen LogP contribution is -2.40. The number of carbonyl (C=O) groups is 3. The highest BCUT2D eigenvalue weighted by atomic mass is 19.1. The number of Topliss-reactive ketones (excluding diaryl/α,β-unsaturated/α-hetero) is 1. The van der Waals surface area contributed by atoms with Crippen molar-refractivity contribution < 1.29 is 28.2 Å². The molecular weight excluding hydrogens is 281 g/mol. The highest BCUT2D eigenvalue weighted by Gasteiger charge is 2.35. The Kier molecular flexibility index (Phi) is 5.83. The first-order valence-electron chi connectivity index (χ1n) is 6.09. The minimum absolute atomic E-state index is 0.382. The maximum Gasteiger partial charge on any atom is 0.407 e. The van der Waals surface area contributed by atoms with E-state index >= 15 is 0 Å². The SMILES string of the molecule is COC(=O)N[C@@H](c1ccc(F)cc1)[C@@H](C(C)=O)C(=O)OC. The zero-order valence-electron chi connectivity index (χ0n) is 11.9. The first-order valence-corrected chi connectivity index (χ1v) is 6.09. The van der Waals surface area contributed by atoms with Crippen LogP contribution in [0, 0.1) is 11.7 Å². The van der Waals surface area contributed by atoms with Gasteiger partial charge in [-0.15, -0.1) is 0 Å². The van der Waals surface area contributed by atoms with Gasteiger partial charge in [-0.3, -0.25) is 9.59 Å². The van der Waals surface area contributed by atoms with E-state index in [0.717, 1.165) is 26.4 Å². The van der Waals surface area contributed by atoms with Crippen molar-refractivity contribution in [3.05, 3.63) is 35.6 Å². The molecule has 21 heavy (non-hydrogen) atoms. The zero-order chi connectivity index (χ0) is 16.0. The average Bonchev–Trinajstić information content (AvgIpc) is 2.46. The third-order valence-electron chi connectivity index (χ3n) is 2.91. The van der Waals surface area contributed by atoms with Crippen molar-refractivity contribution in [3.8, 4) is 0 Å². The lowest BCUT2D eigenvalue weighted by molar-refractivity contribution is -0.150. The number of ketones is 1. The van der Waals surface area contributed by atoms with Crippen molar-refractivity contribution in [2.75, 3.05) is 14.2 Å². The van der Waals surface area contributed by atoms with Crippen LogP contribution in [-0.2, 0) is 19.1 Å². The maximum atomic E-state index is 13.0. The number of carbonyl (C=O) groups excluding carboxylic acids is 3. The summed E-state index contributed by atoms with van der Waals surface area (Å²) < 4.78 is 22.1. The van der Waals surface area contributed by atoms with Crippen LogP contribution in [0.2, 0.25) is 0 Å². The van der Waals surface area contributed by atoms with Crippen molar-refractivity contribution in [1.82, 2.24) is 5.32 Å². The number of rotatable bonds is 5. The van der Waals surface area contributed by atoms with Crippen LogP contribution in [0.1, 0.15) is 18.5 Å². The van der Waals surface area contributed by atoms with Crippen molar-refractivity contribution in [3.63, 3.8) is 0 Å². The van der Waals surface area contributed by atoms with Crippen molar-refractivity contribution in [2.45, 2.75) is 13.0 Å². The van der Waals surface area contributed by atoms with E-state index in [1.807, 2.05) is 0 Å². The molecule has 1 amide bonds. The van der Waals surface area contributed by atoms with Crippen LogP contribution in [0.5, 0.6) is 0 Å². The van der Waals surface area contributed by atoms with Gasteiger partial charge in [0, 0.05) is 0 Å². The predicted molar refractivity (Wildman–Crippen MR) is 70.9 cm³/mol. The molecule has 1 aromatic rings. The van der Waals surface area contributed by atoms with Gasteiger partial charge in [-0.2, -0.15) is 0 Å². The summed E-state index contributed by atoms with van der Waals surface area (Å²) in [7, 11) is 2.29. The average molecular weight is 297 g/mol. The van der Waals surface area contributed by atoms with Crippen LogP contribution in [0.4, 0.5) is 9.18 Å². The van der Waals surface area contributed by atoms with Crippen LogP contribution < -0.4 is 5.32 Å². The number of methoxy groups -OCH3 is 2. The fourth-order valence-electron chi connectivity index (χ4n) is 1.88. The second-order valence-electron chi connectivity index (χ2n) is 4.28. The molecule has 0 radical (unpaired) electrons. The van der Waals surface area contributed by atoms with Gasteiger partial charge in [0.05, 0.1) is 20.3 Å². The van der Waals surface area contributed by atoms with E-state index in [9.17, 15) is 18.8 Å². The molecule has 1 N–H and O–H groups in total. The number of hydrogen-bond acceptors (Lipinski definition) is 5. The molecule has 0 fully saturated rings. The van der Waals surface area contributed by atoms with Crippen molar-refractivity contribution >= 4 is 17.8 Å². The normalized spacial score (nSPS) is 13.0. The summed E-state index contributed by atoms with van der Waals surface area (Å²) in [5.74, 6) is -3.02. The van der Waals surface area contributed by atoms with Gasteiger partial charge >= 0.3 is 12.1 Å². The monoisotopic (exact) mass is 297 g/mol. The first kappa shape index (κ1) is 16.6. The molecule has 0 spiro atoms. The highest BCUT2D eigenvalue weighted by Crippen LogP contribution is 2.25. The minimum atomic E-state index is -1.25. The largest absolute Gasteiger partial charge is 0.468 e. The molecule has 1 rings (SSSR count). The number of hydrogen-bond donors (Lipinski definition) is 1. The van der Waals surface area contributed by atoms with Crippen molar-refractivity contribution in [2.24, 2.45) is 5.92 Å². The molecule has 0 saturated heterocycles. The molecule has 0 saturated carbocycles. The van der Waals surface area contributed by atoms with E-state index in [-0.39, 0.29) is 0 Å². The molecule has 2 atom stereocenters. The number of benzene rings is 1. The Morgan fingerprint density at radius 1 is 1.10 bits per heavy atom.